The molecule has 1 aromatic heterocycles. The monoisotopic (exact) mass is 331 g/mol. The largest absolute Gasteiger partial charge is 0.338 e. The summed E-state index contributed by atoms with van der Waals surface area (Å²) in [6.45, 7) is 5.37. The Morgan fingerprint density at radius 2 is 2.09 bits per heavy atom. The van der Waals surface area contributed by atoms with Gasteiger partial charge >= 0.3 is 6.03 Å². The highest BCUT2D eigenvalue weighted by Gasteiger charge is 2.21. The molecule has 1 aliphatic rings. The number of fused-ring (bicyclic) bond motifs is 1. The van der Waals surface area contributed by atoms with Gasteiger partial charge in [0.05, 0.1) is 0 Å². The van der Waals surface area contributed by atoms with Crippen LogP contribution in [0.2, 0.25) is 0 Å². The molecule has 1 fully saturated rings. The molecule has 5 heteroatoms. The molecule has 0 unspecified atom stereocenters. The van der Waals surface area contributed by atoms with E-state index in [2.05, 4.69) is 40.3 Å². The molecule has 0 bridgehead atoms. The molecule has 2 heterocycles. The number of urea groups is 1. The van der Waals surface area contributed by atoms with Gasteiger partial charge in [0.25, 0.3) is 0 Å². The van der Waals surface area contributed by atoms with E-state index in [0.29, 0.717) is 12.6 Å². The van der Waals surface area contributed by atoms with Crippen LogP contribution in [0.5, 0.6) is 0 Å². The van der Waals surface area contributed by atoms with Crippen molar-refractivity contribution in [2.24, 2.45) is 0 Å². The van der Waals surface area contributed by atoms with Gasteiger partial charge in [-0.1, -0.05) is 18.2 Å². The number of thiophene rings is 1. The average Bonchev–Trinajstić information content (AvgIpc) is 2.99. The summed E-state index contributed by atoms with van der Waals surface area (Å²) in [5.74, 6) is 0. The first kappa shape index (κ1) is 16.3. The maximum absolute atomic E-state index is 11.8. The molecule has 1 aliphatic heterocycles. The second kappa shape index (κ2) is 7.79. The number of hydrogen-bond acceptors (Lipinski definition) is 3. The lowest BCUT2D eigenvalue weighted by Gasteiger charge is -2.32. The van der Waals surface area contributed by atoms with Crippen molar-refractivity contribution in [2.45, 2.75) is 32.2 Å². The van der Waals surface area contributed by atoms with Crippen molar-refractivity contribution in [3.8, 4) is 0 Å². The quantitative estimate of drug-likeness (QED) is 0.883. The van der Waals surface area contributed by atoms with Crippen molar-refractivity contribution in [3.63, 3.8) is 0 Å². The van der Waals surface area contributed by atoms with E-state index in [1.54, 1.807) is 0 Å². The molecule has 0 atom stereocenters. The summed E-state index contributed by atoms with van der Waals surface area (Å²) in [5.41, 5.74) is 1.44. The van der Waals surface area contributed by atoms with E-state index in [1.165, 1.54) is 15.6 Å². The summed E-state index contributed by atoms with van der Waals surface area (Å²) in [7, 11) is 0. The van der Waals surface area contributed by atoms with Crippen molar-refractivity contribution < 1.29 is 4.79 Å². The molecular formula is C18H25N3OS. The molecule has 4 nitrogen and oxygen atoms in total. The maximum atomic E-state index is 11.8. The topological polar surface area (TPSA) is 44.4 Å². The number of hydrogen-bond donors (Lipinski definition) is 2. The van der Waals surface area contributed by atoms with Crippen molar-refractivity contribution >= 4 is 27.5 Å². The summed E-state index contributed by atoms with van der Waals surface area (Å²) >= 11 is 1.83. The summed E-state index contributed by atoms with van der Waals surface area (Å²) in [4.78, 5) is 13.7. The van der Waals surface area contributed by atoms with E-state index in [-0.39, 0.29) is 6.03 Å². The first-order valence-corrected chi connectivity index (χ1v) is 9.37. The molecule has 0 saturated carbocycles. The predicted octanol–water partition coefficient (Wildman–Crippen LogP) is 3.23. The van der Waals surface area contributed by atoms with Crippen LogP contribution in [0, 0.1) is 0 Å². The lowest BCUT2D eigenvalue weighted by molar-refractivity contribution is 0.177. The third-order valence-electron chi connectivity index (χ3n) is 4.50. The number of carbonyl (C=O) groups is 1. The van der Waals surface area contributed by atoms with Gasteiger partial charge in [0.1, 0.15) is 0 Å². The van der Waals surface area contributed by atoms with Crippen molar-refractivity contribution in [2.75, 3.05) is 26.2 Å². The molecule has 23 heavy (non-hydrogen) atoms. The third kappa shape index (κ3) is 4.03. The first-order chi connectivity index (χ1) is 11.3. The maximum Gasteiger partial charge on any atom is 0.317 e. The van der Waals surface area contributed by atoms with Crippen LogP contribution in [0.4, 0.5) is 4.79 Å². The predicted molar refractivity (Wildman–Crippen MR) is 97.2 cm³/mol. The van der Waals surface area contributed by atoms with Gasteiger partial charge in [0.15, 0.2) is 0 Å². The Morgan fingerprint density at radius 3 is 2.87 bits per heavy atom. The van der Waals surface area contributed by atoms with Crippen molar-refractivity contribution in [1.29, 1.82) is 0 Å². The SMILES string of the molecule is CCNC(=O)N1CCC(NCCc2csc3ccccc23)CC1. The number of piperidine rings is 1. The van der Waals surface area contributed by atoms with Gasteiger partial charge in [0, 0.05) is 30.4 Å². The average molecular weight is 331 g/mol. The van der Waals surface area contributed by atoms with Gasteiger partial charge in [-0.25, -0.2) is 4.79 Å². The molecule has 0 radical (unpaired) electrons. The molecule has 2 amide bonds. The lowest BCUT2D eigenvalue weighted by Crippen LogP contribution is -2.48. The molecule has 3 rings (SSSR count). The van der Waals surface area contributed by atoms with Crippen LogP contribution in [0.1, 0.15) is 25.3 Å². The van der Waals surface area contributed by atoms with Gasteiger partial charge < -0.3 is 15.5 Å². The molecular weight excluding hydrogens is 306 g/mol. The molecule has 2 N–H and O–H groups in total. The molecule has 124 valence electrons. The Bertz CT molecular complexity index is 647. The zero-order valence-corrected chi connectivity index (χ0v) is 14.5. The molecule has 1 saturated heterocycles. The number of rotatable bonds is 5. The number of amides is 2. The summed E-state index contributed by atoms with van der Waals surface area (Å²) in [5, 5.41) is 10.2. The fourth-order valence-corrected chi connectivity index (χ4v) is 4.18. The van der Waals surface area contributed by atoms with Gasteiger partial charge in [-0.05, 0) is 55.1 Å². The highest BCUT2D eigenvalue weighted by atomic mass is 32.1. The number of likely N-dealkylation sites (tertiary alicyclic amines) is 1. The summed E-state index contributed by atoms with van der Waals surface area (Å²) in [6.07, 6.45) is 3.16. The highest BCUT2D eigenvalue weighted by molar-refractivity contribution is 7.17. The lowest BCUT2D eigenvalue weighted by atomic mass is 10.0. The smallest absolute Gasteiger partial charge is 0.317 e. The van der Waals surface area contributed by atoms with E-state index < -0.39 is 0 Å². The van der Waals surface area contributed by atoms with Crippen LogP contribution in [-0.4, -0.2) is 43.2 Å². The van der Waals surface area contributed by atoms with Crippen LogP contribution in [0.3, 0.4) is 0 Å². The zero-order valence-electron chi connectivity index (χ0n) is 13.7. The summed E-state index contributed by atoms with van der Waals surface area (Å²) < 4.78 is 1.37. The fourth-order valence-electron chi connectivity index (χ4n) is 3.19. The molecule has 0 aliphatic carbocycles. The number of nitrogens with one attached hydrogen (secondary N) is 2. The van der Waals surface area contributed by atoms with Crippen LogP contribution < -0.4 is 10.6 Å². The summed E-state index contributed by atoms with van der Waals surface area (Å²) in [6, 6.07) is 9.23. The minimum atomic E-state index is 0.0793. The minimum absolute atomic E-state index is 0.0793. The van der Waals surface area contributed by atoms with Gasteiger partial charge in [0.2, 0.25) is 0 Å². The van der Waals surface area contributed by atoms with Crippen LogP contribution in [-0.2, 0) is 6.42 Å². The fraction of sp³-hybridized carbons (Fsp3) is 0.500. The molecule has 2 aromatic rings. The van der Waals surface area contributed by atoms with Gasteiger partial charge in [-0.2, -0.15) is 0 Å². The van der Waals surface area contributed by atoms with Crippen molar-refractivity contribution in [1.82, 2.24) is 15.5 Å². The second-order valence-electron chi connectivity index (χ2n) is 6.06. The number of nitrogens with zero attached hydrogens (tertiary/aromatic N) is 1. The Morgan fingerprint density at radius 1 is 1.30 bits per heavy atom. The minimum Gasteiger partial charge on any atom is -0.338 e. The van der Waals surface area contributed by atoms with E-state index in [1.807, 2.05) is 23.2 Å². The van der Waals surface area contributed by atoms with Gasteiger partial charge in [-0.15, -0.1) is 11.3 Å². The normalized spacial score (nSPS) is 16.0. The van der Waals surface area contributed by atoms with E-state index in [0.717, 1.165) is 38.9 Å². The van der Waals surface area contributed by atoms with Crippen LogP contribution >= 0.6 is 11.3 Å². The van der Waals surface area contributed by atoms with E-state index in [4.69, 9.17) is 0 Å². The standard InChI is InChI=1S/C18H25N3OS/c1-2-19-18(22)21-11-8-15(9-12-21)20-10-7-14-13-23-17-6-4-3-5-16(14)17/h3-6,13,15,20H,2,7-12H2,1H3,(H,19,22). The third-order valence-corrected chi connectivity index (χ3v) is 5.51. The highest BCUT2D eigenvalue weighted by Crippen LogP contribution is 2.25. The zero-order chi connectivity index (χ0) is 16.1. The Balaban J connectivity index is 1.43. The number of benzene rings is 1. The Labute approximate surface area is 141 Å². The Kier molecular flexibility index (Phi) is 5.51. The van der Waals surface area contributed by atoms with Gasteiger partial charge in [-0.3, -0.25) is 0 Å². The van der Waals surface area contributed by atoms with Crippen molar-refractivity contribution in [3.05, 3.63) is 35.2 Å². The van der Waals surface area contributed by atoms with E-state index >= 15 is 0 Å². The van der Waals surface area contributed by atoms with Crippen LogP contribution in [0.15, 0.2) is 29.6 Å². The van der Waals surface area contributed by atoms with Crippen LogP contribution in [0.25, 0.3) is 10.1 Å². The van der Waals surface area contributed by atoms with E-state index in [9.17, 15) is 4.79 Å². The first-order valence-electron chi connectivity index (χ1n) is 8.49. The Hall–Kier alpha value is -1.59. The second-order valence-corrected chi connectivity index (χ2v) is 6.97. The number of carbonyl (C=O) groups excluding carboxylic acids is 1. The molecule has 1 aromatic carbocycles. The molecule has 0 spiro atoms.